The van der Waals surface area contributed by atoms with Gasteiger partial charge in [-0.15, -0.1) is 0 Å². The van der Waals surface area contributed by atoms with E-state index in [0.717, 1.165) is 18.0 Å². The molecule has 2 rings (SSSR count). The van der Waals surface area contributed by atoms with Crippen molar-refractivity contribution in [2.45, 2.75) is 18.8 Å². The minimum absolute atomic E-state index is 0.197. The first-order valence-electron chi connectivity index (χ1n) is 5.64. The Morgan fingerprint density at radius 2 is 1.75 bits per heavy atom. The quantitative estimate of drug-likeness (QED) is 0.772. The fraction of sp³-hybridized carbons (Fsp3) is 0.333. The lowest BCUT2D eigenvalue weighted by molar-refractivity contribution is -0.133. The number of benzene rings is 1. The first-order valence-corrected chi connectivity index (χ1v) is 5.64. The second-order valence-corrected chi connectivity index (χ2v) is 4.28. The van der Waals surface area contributed by atoms with Crippen molar-refractivity contribution in [1.29, 1.82) is 0 Å². The van der Waals surface area contributed by atoms with Crippen LogP contribution in [0.1, 0.15) is 0 Å². The monoisotopic (exact) mass is 292 g/mol. The van der Waals surface area contributed by atoms with E-state index in [1.807, 2.05) is 0 Å². The van der Waals surface area contributed by atoms with Gasteiger partial charge in [0.15, 0.2) is 6.23 Å². The Balaban J connectivity index is 2.44. The van der Waals surface area contributed by atoms with Crippen LogP contribution in [0.4, 0.5) is 23.2 Å². The van der Waals surface area contributed by atoms with Gasteiger partial charge < -0.3 is 15.1 Å². The average molecular weight is 292 g/mol. The zero-order chi connectivity index (χ0) is 15.1. The maximum Gasteiger partial charge on any atom is 0.431 e. The number of anilines is 1. The van der Waals surface area contributed by atoms with Crippen LogP contribution < -0.4 is 4.90 Å². The van der Waals surface area contributed by atoms with Crippen LogP contribution >= 0.6 is 0 Å². The molecule has 110 valence electrons. The van der Waals surface area contributed by atoms with Crippen LogP contribution in [-0.2, 0) is 0 Å². The highest BCUT2D eigenvalue weighted by atomic mass is 19.4. The van der Waals surface area contributed by atoms with Gasteiger partial charge in [-0.1, -0.05) is 12.1 Å². The molecule has 1 aliphatic heterocycles. The first-order chi connectivity index (χ1) is 9.23. The molecular formula is C12H12F4N2O2. The number of aliphatic hydroxyl groups is 2. The van der Waals surface area contributed by atoms with Crippen LogP contribution in [0, 0.1) is 5.82 Å². The molecule has 0 bridgehead atoms. The van der Waals surface area contributed by atoms with Crippen LogP contribution in [0.3, 0.4) is 0 Å². The Hall–Kier alpha value is -1.80. The summed E-state index contributed by atoms with van der Waals surface area (Å²) < 4.78 is 51.8. The fourth-order valence-corrected chi connectivity index (χ4v) is 2.01. The minimum Gasteiger partial charge on any atom is -0.370 e. The van der Waals surface area contributed by atoms with E-state index in [-0.39, 0.29) is 5.69 Å². The van der Waals surface area contributed by atoms with E-state index in [1.165, 1.54) is 18.2 Å². The van der Waals surface area contributed by atoms with Crippen molar-refractivity contribution < 1.29 is 27.8 Å². The maximum absolute atomic E-state index is 13.7. The number of rotatable bonds is 1. The zero-order valence-corrected chi connectivity index (χ0v) is 10.3. The van der Waals surface area contributed by atoms with E-state index < -0.39 is 30.3 Å². The summed E-state index contributed by atoms with van der Waals surface area (Å²) in [7, 11) is 1.00. The summed E-state index contributed by atoms with van der Waals surface area (Å²) >= 11 is 0. The van der Waals surface area contributed by atoms with E-state index in [0.29, 0.717) is 11.0 Å². The molecule has 0 fully saturated rings. The first kappa shape index (κ1) is 14.6. The van der Waals surface area contributed by atoms with E-state index in [4.69, 9.17) is 0 Å². The van der Waals surface area contributed by atoms with Crippen molar-refractivity contribution in [3.63, 3.8) is 0 Å². The van der Waals surface area contributed by atoms with Gasteiger partial charge in [0.1, 0.15) is 11.5 Å². The average Bonchev–Trinajstić information content (AvgIpc) is 2.35. The van der Waals surface area contributed by atoms with Crippen LogP contribution in [0.5, 0.6) is 0 Å². The Bertz CT molecular complexity index is 532. The Labute approximate surface area is 112 Å². The number of para-hydroxylation sites is 1. The number of hydrogen-bond donors (Lipinski definition) is 2. The zero-order valence-electron chi connectivity index (χ0n) is 10.3. The number of alkyl halides is 3. The van der Waals surface area contributed by atoms with Crippen molar-refractivity contribution in [2.24, 2.45) is 0 Å². The molecule has 2 N–H and O–H groups in total. The summed E-state index contributed by atoms with van der Waals surface area (Å²) in [5.41, 5.74) is -1.39. The molecule has 0 saturated carbocycles. The lowest BCUT2D eigenvalue weighted by Crippen LogP contribution is -2.56. The van der Waals surface area contributed by atoms with Gasteiger partial charge in [0, 0.05) is 7.05 Å². The smallest absolute Gasteiger partial charge is 0.370 e. The molecular weight excluding hydrogens is 280 g/mol. The Kier molecular flexibility index (Phi) is 3.61. The molecule has 0 saturated heterocycles. The molecule has 0 aliphatic carbocycles. The van der Waals surface area contributed by atoms with Gasteiger partial charge in [0.05, 0.1) is 5.69 Å². The van der Waals surface area contributed by atoms with Crippen molar-refractivity contribution in [2.75, 3.05) is 11.9 Å². The van der Waals surface area contributed by atoms with Gasteiger partial charge >= 0.3 is 6.18 Å². The summed E-state index contributed by atoms with van der Waals surface area (Å²) in [6.07, 6.45) is -7.85. The molecule has 8 heteroatoms. The largest absolute Gasteiger partial charge is 0.431 e. The number of hydrogen-bond acceptors (Lipinski definition) is 4. The Morgan fingerprint density at radius 3 is 2.30 bits per heavy atom. The van der Waals surface area contributed by atoms with Gasteiger partial charge in [0.2, 0.25) is 6.35 Å². The fourth-order valence-electron chi connectivity index (χ4n) is 2.01. The predicted octanol–water partition coefficient (Wildman–Crippen LogP) is 1.62. The summed E-state index contributed by atoms with van der Waals surface area (Å²) in [5, 5.41) is 19.7. The van der Waals surface area contributed by atoms with Gasteiger partial charge in [-0.05, 0) is 18.2 Å². The van der Waals surface area contributed by atoms with E-state index in [1.54, 1.807) is 0 Å². The molecule has 0 spiro atoms. The molecule has 0 amide bonds. The Morgan fingerprint density at radius 1 is 1.15 bits per heavy atom. The molecule has 1 aromatic rings. The molecule has 1 heterocycles. The standard InChI is InChI=1S/C12H12F4N2O2/c1-17-9(12(14,15)16)6-10(19)18(11(17)20)8-5-3-2-4-7(8)13/h2-6,10-11,19-20H,1H3. The molecule has 1 aromatic carbocycles. The van der Waals surface area contributed by atoms with Crippen molar-refractivity contribution in [3.05, 3.63) is 41.9 Å². The molecule has 4 nitrogen and oxygen atoms in total. The third kappa shape index (κ3) is 2.44. The number of allylic oxidation sites excluding steroid dienone is 1. The number of halogens is 4. The summed E-state index contributed by atoms with van der Waals surface area (Å²) in [6.45, 7) is 0. The predicted molar refractivity (Wildman–Crippen MR) is 62.8 cm³/mol. The van der Waals surface area contributed by atoms with Crippen molar-refractivity contribution in [3.8, 4) is 0 Å². The van der Waals surface area contributed by atoms with Gasteiger partial charge in [0.25, 0.3) is 0 Å². The molecule has 2 atom stereocenters. The molecule has 0 radical (unpaired) electrons. The van der Waals surface area contributed by atoms with Gasteiger partial charge in [-0.3, -0.25) is 4.90 Å². The van der Waals surface area contributed by atoms with Crippen molar-refractivity contribution >= 4 is 5.69 Å². The molecule has 1 aliphatic rings. The maximum atomic E-state index is 13.7. The lowest BCUT2D eigenvalue weighted by atomic mass is 10.2. The second-order valence-electron chi connectivity index (χ2n) is 4.28. The highest BCUT2D eigenvalue weighted by molar-refractivity contribution is 5.50. The second kappa shape index (κ2) is 4.95. The molecule has 20 heavy (non-hydrogen) atoms. The summed E-state index contributed by atoms with van der Waals surface area (Å²) in [5.74, 6) is -0.761. The highest BCUT2D eigenvalue weighted by Crippen LogP contribution is 2.35. The van der Waals surface area contributed by atoms with E-state index in [2.05, 4.69) is 0 Å². The lowest BCUT2D eigenvalue weighted by Gasteiger charge is -2.43. The summed E-state index contributed by atoms with van der Waals surface area (Å²) in [6, 6.07) is 5.17. The normalized spacial score (nSPS) is 23.9. The third-order valence-electron chi connectivity index (χ3n) is 2.99. The number of nitrogens with zero attached hydrogens (tertiary/aromatic N) is 2. The van der Waals surface area contributed by atoms with E-state index >= 15 is 0 Å². The number of aliphatic hydroxyl groups excluding tert-OH is 2. The highest BCUT2D eigenvalue weighted by Gasteiger charge is 2.44. The van der Waals surface area contributed by atoms with Gasteiger partial charge in [-0.25, -0.2) is 4.39 Å². The minimum atomic E-state index is -4.72. The molecule has 2 unspecified atom stereocenters. The summed E-state index contributed by atoms with van der Waals surface area (Å²) in [4.78, 5) is 1.25. The van der Waals surface area contributed by atoms with Crippen LogP contribution in [0.25, 0.3) is 0 Å². The van der Waals surface area contributed by atoms with Crippen LogP contribution in [-0.4, -0.2) is 40.9 Å². The van der Waals surface area contributed by atoms with Crippen molar-refractivity contribution in [1.82, 2.24) is 4.90 Å². The third-order valence-corrected chi connectivity index (χ3v) is 2.99. The SMILES string of the molecule is CN1C(C(F)(F)F)=CC(O)N(c2ccccc2F)C1O. The van der Waals surface area contributed by atoms with Crippen LogP contribution in [0.2, 0.25) is 0 Å². The molecule has 0 aromatic heterocycles. The van der Waals surface area contributed by atoms with Gasteiger partial charge in [-0.2, -0.15) is 13.2 Å². The van der Waals surface area contributed by atoms with E-state index in [9.17, 15) is 27.8 Å². The topological polar surface area (TPSA) is 46.9 Å². The van der Waals surface area contributed by atoms with Crippen LogP contribution in [0.15, 0.2) is 36.0 Å².